The van der Waals surface area contributed by atoms with Crippen molar-refractivity contribution in [1.82, 2.24) is 4.31 Å². The summed E-state index contributed by atoms with van der Waals surface area (Å²) in [6.45, 7) is 9.98. The number of piperidine rings is 1. The average Bonchev–Trinajstić information content (AvgIpc) is 2.37. The van der Waals surface area contributed by atoms with Gasteiger partial charge in [-0.3, -0.25) is 0 Å². The lowest BCUT2D eigenvalue weighted by Gasteiger charge is -2.29. The van der Waals surface area contributed by atoms with Gasteiger partial charge >= 0.3 is 0 Å². The van der Waals surface area contributed by atoms with Gasteiger partial charge in [0.25, 0.3) is 0 Å². The minimum Gasteiger partial charge on any atom is -0.207 e. The number of nitrogens with zero attached hydrogens (tertiary/aromatic N) is 1. The van der Waals surface area contributed by atoms with E-state index in [4.69, 9.17) is 0 Å². The van der Waals surface area contributed by atoms with E-state index in [0.717, 1.165) is 24.8 Å². The number of sulfonamides is 1. The Morgan fingerprint density at radius 1 is 1.19 bits per heavy atom. The second kappa shape index (κ2) is 6.09. The van der Waals surface area contributed by atoms with Crippen molar-refractivity contribution in [3.05, 3.63) is 29.8 Å². The van der Waals surface area contributed by atoms with Gasteiger partial charge in [0.05, 0.1) is 4.90 Å². The van der Waals surface area contributed by atoms with E-state index in [1.165, 1.54) is 0 Å². The van der Waals surface area contributed by atoms with Crippen LogP contribution in [0.2, 0.25) is 0 Å². The fourth-order valence-electron chi connectivity index (χ4n) is 2.80. The first kappa shape index (κ1) is 16.5. The predicted octanol–water partition coefficient (Wildman–Crippen LogP) is 3.70. The number of benzene rings is 1. The molecule has 21 heavy (non-hydrogen) atoms. The van der Waals surface area contributed by atoms with Crippen molar-refractivity contribution in [3.63, 3.8) is 0 Å². The largest absolute Gasteiger partial charge is 0.243 e. The highest BCUT2D eigenvalue weighted by atomic mass is 32.2. The third kappa shape index (κ3) is 4.30. The van der Waals surface area contributed by atoms with Crippen LogP contribution in [-0.4, -0.2) is 25.8 Å². The van der Waals surface area contributed by atoms with E-state index in [-0.39, 0.29) is 5.41 Å². The zero-order chi connectivity index (χ0) is 15.7. The lowest BCUT2D eigenvalue weighted by Crippen LogP contribution is -2.37. The molecule has 1 aliphatic heterocycles. The highest BCUT2D eigenvalue weighted by molar-refractivity contribution is 7.89. The molecule has 0 spiro atoms. The van der Waals surface area contributed by atoms with Crippen LogP contribution >= 0.6 is 0 Å². The van der Waals surface area contributed by atoms with Crippen LogP contribution < -0.4 is 0 Å². The molecule has 0 atom stereocenters. The van der Waals surface area contributed by atoms with Crippen molar-refractivity contribution in [3.8, 4) is 0 Å². The summed E-state index contributed by atoms with van der Waals surface area (Å²) in [6, 6.07) is 7.45. The van der Waals surface area contributed by atoms with Gasteiger partial charge in [-0.1, -0.05) is 39.8 Å². The molecule has 0 saturated carbocycles. The number of hydrogen-bond acceptors (Lipinski definition) is 2. The average molecular weight is 309 g/mol. The summed E-state index contributed by atoms with van der Waals surface area (Å²) in [4.78, 5) is 0.443. The summed E-state index contributed by atoms with van der Waals surface area (Å²) >= 11 is 0. The zero-order valence-electron chi connectivity index (χ0n) is 13.6. The van der Waals surface area contributed by atoms with Gasteiger partial charge in [-0.05, 0) is 48.3 Å². The van der Waals surface area contributed by atoms with E-state index in [9.17, 15) is 8.42 Å². The summed E-state index contributed by atoms with van der Waals surface area (Å²) in [6.07, 6.45) is 2.80. The molecule has 1 saturated heterocycles. The van der Waals surface area contributed by atoms with Crippen molar-refractivity contribution in [2.24, 2.45) is 11.3 Å². The van der Waals surface area contributed by atoms with E-state index in [1.54, 1.807) is 10.4 Å². The molecular formula is C17H27NO2S. The Morgan fingerprint density at radius 3 is 2.38 bits per heavy atom. The molecule has 1 heterocycles. The Morgan fingerprint density at radius 2 is 1.81 bits per heavy atom. The van der Waals surface area contributed by atoms with Crippen LogP contribution in [0, 0.1) is 11.3 Å². The van der Waals surface area contributed by atoms with Gasteiger partial charge in [0.2, 0.25) is 10.0 Å². The molecule has 1 aromatic carbocycles. The standard InChI is InChI=1S/C17H27NO2S/c1-14-8-10-18(11-9-14)21(19,20)16-7-5-6-15(12-16)13-17(2,3)4/h5-7,12,14H,8-11,13H2,1-4H3. The Labute approximate surface area is 129 Å². The topological polar surface area (TPSA) is 37.4 Å². The van der Waals surface area contributed by atoms with Gasteiger partial charge in [0.15, 0.2) is 0 Å². The molecule has 118 valence electrons. The normalized spacial score (nSPS) is 18.9. The number of rotatable bonds is 3. The molecule has 0 amide bonds. The summed E-state index contributed by atoms with van der Waals surface area (Å²) in [5, 5.41) is 0. The van der Waals surface area contributed by atoms with Crippen LogP contribution in [0.15, 0.2) is 29.2 Å². The van der Waals surface area contributed by atoms with Crippen LogP contribution in [0.5, 0.6) is 0 Å². The molecule has 3 nitrogen and oxygen atoms in total. The monoisotopic (exact) mass is 309 g/mol. The van der Waals surface area contributed by atoms with Gasteiger partial charge < -0.3 is 0 Å². The molecule has 0 aliphatic carbocycles. The van der Waals surface area contributed by atoms with Crippen molar-refractivity contribution in [2.75, 3.05) is 13.1 Å². The molecule has 0 unspecified atom stereocenters. The predicted molar refractivity (Wildman–Crippen MR) is 86.8 cm³/mol. The van der Waals surface area contributed by atoms with Crippen molar-refractivity contribution < 1.29 is 8.42 Å². The molecule has 4 heteroatoms. The maximum atomic E-state index is 12.7. The Kier molecular flexibility index (Phi) is 4.79. The Hall–Kier alpha value is -0.870. The molecule has 0 aromatic heterocycles. The summed E-state index contributed by atoms with van der Waals surface area (Å²) < 4.78 is 27.1. The quantitative estimate of drug-likeness (QED) is 0.854. The minimum atomic E-state index is -3.33. The first-order valence-electron chi connectivity index (χ1n) is 7.77. The van der Waals surface area contributed by atoms with E-state index >= 15 is 0 Å². The minimum absolute atomic E-state index is 0.156. The third-order valence-electron chi connectivity index (χ3n) is 4.01. The fraction of sp³-hybridized carbons (Fsp3) is 0.647. The molecule has 2 rings (SSSR count). The van der Waals surface area contributed by atoms with Gasteiger partial charge in [0.1, 0.15) is 0 Å². The van der Waals surface area contributed by atoms with E-state index in [0.29, 0.717) is 23.9 Å². The van der Waals surface area contributed by atoms with E-state index in [2.05, 4.69) is 27.7 Å². The molecule has 0 N–H and O–H groups in total. The maximum absolute atomic E-state index is 12.7. The summed E-state index contributed by atoms with van der Waals surface area (Å²) in [5.41, 5.74) is 1.25. The SMILES string of the molecule is CC1CCN(S(=O)(=O)c2cccc(CC(C)(C)C)c2)CC1. The highest BCUT2D eigenvalue weighted by Gasteiger charge is 2.28. The zero-order valence-corrected chi connectivity index (χ0v) is 14.4. The van der Waals surface area contributed by atoms with Crippen molar-refractivity contribution in [2.45, 2.75) is 51.9 Å². The van der Waals surface area contributed by atoms with E-state index < -0.39 is 10.0 Å². The van der Waals surface area contributed by atoms with Gasteiger partial charge in [-0.15, -0.1) is 0 Å². The van der Waals surface area contributed by atoms with Crippen molar-refractivity contribution in [1.29, 1.82) is 0 Å². The Balaban J connectivity index is 2.22. The second-order valence-corrected chi connectivity index (χ2v) is 9.41. The fourth-order valence-corrected chi connectivity index (χ4v) is 4.34. The molecule has 1 fully saturated rings. The van der Waals surface area contributed by atoms with Crippen molar-refractivity contribution >= 4 is 10.0 Å². The molecule has 1 aliphatic rings. The summed E-state index contributed by atoms with van der Waals surface area (Å²) in [5.74, 6) is 0.628. The summed E-state index contributed by atoms with van der Waals surface area (Å²) in [7, 11) is -3.33. The lowest BCUT2D eigenvalue weighted by atomic mass is 9.88. The van der Waals surface area contributed by atoms with Crippen LogP contribution in [0.4, 0.5) is 0 Å². The molecule has 0 bridgehead atoms. The van der Waals surface area contributed by atoms with Gasteiger partial charge in [-0.25, -0.2) is 8.42 Å². The first-order chi connectivity index (χ1) is 9.68. The molecular weight excluding hydrogens is 282 g/mol. The third-order valence-corrected chi connectivity index (χ3v) is 5.91. The molecule has 0 radical (unpaired) electrons. The van der Waals surface area contributed by atoms with Crippen LogP contribution in [-0.2, 0) is 16.4 Å². The van der Waals surface area contributed by atoms with Crippen LogP contribution in [0.1, 0.15) is 46.1 Å². The Bertz CT molecular complexity index is 579. The van der Waals surface area contributed by atoms with E-state index in [1.807, 2.05) is 18.2 Å². The smallest absolute Gasteiger partial charge is 0.207 e. The first-order valence-corrected chi connectivity index (χ1v) is 9.21. The maximum Gasteiger partial charge on any atom is 0.243 e. The van der Waals surface area contributed by atoms with Gasteiger partial charge in [0, 0.05) is 13.1 Å². The highest BCUT2D eigenvalue weighted by Crippen LogP contribution is 2.26. The second-order valence-electron chi connectivity index (χ2n) is 7.47. The van der Waals surface area contributed by atoms with Gasteiger partial charge in [-0.2, -0.15) is 4.31 Å². The molecule has 1 aromatic rings. The van der Waals surface area contributed by atoms with Crippen LogP contribution in [0.25, 0.3) is 0 Å². The lowest BCUT2D eigenvalue weighted by molar-refractivity contribution is 0.288. The van der Waals surface area contributed by atoms with Crippen LogP contribution in [0.3, 0.4) is 0 Å². The number of hydrogen-bond donors (Lipinski definition) is 0.